The van der Waals surface area contributed by atoms with Gasteiger partial charge in [-0.1, -0.05) is 47.6 Å². The van der Waals surface area contributed by atoms with Crippen LogP contribution in [0.3, 0.4) is 0 Å². The van der Waals surface area contributed by atoms with Crippen LogP contribution in [0.2, 0.25) is 5.02 Å². The monoisotopic (exact) mass is 478 g/mol. The van der Waals surface area contributed by atoms with E-state index in [9.17, 15) is 14.9 Å². The second kappa shape index (κ2) is 9.99. The van der Waals surface area contributed by atoms with Crippen molar-refractivity contribution in [2.24, 2.45) is 0 Å². The van der Waals surface area contributed by atoms with Crippen molar-refractivity contribution < 1.29 is 19.1 Å². The molecule has 3 aromatic rings. The summed E-state index contributed by atoms with van der Waals surface area (Å²) in [6, 6.07) is 21.4. The fourth-order valence-electron chi connectivity index (χ4n) is 3.49. The highest BCUT2D eigenvalue weighted by Crippen LogP contribution is 2.36. The van der Waals surface area contributed by atoms with Crippen LogP contribution in [-0.2, 0) is 17.8 Å². The molecule has 1 aliphatic heterocycles. The average Bonchev–Trinajstić information content (AvgIpc) is 3.11. The molecule has 3 aromatic carbocycles. The Morgan fingerprint density at radius 1 is 1.06 bits per heavy atom. The Labute approximate surface area is 200 Å². The first kappa shape index (κ1) is 22.7. The molecule has 0 saturated carbocycles. The molecule has 33 heavy (non-hydrogen) atoms. The van der Waals surface area contributed by atoms with Crippen molar-refractivity contribution in [1.29, 1.82) is 5.26 Å². The molecule has 1 atom stereocenters. The Balaban J connectivity index is 1.47. The van der Waals surface area contributed by atoms with Gasteiger partial charge in [0.2, 0.25) is 5.91 Å². The Bertz CT molecular complexity index is 1240. The zero-order chi connectivity index (χ0) is 23.4. The number of amides is 2. The molecule has 2 amide bonds. The molecule has 0 aromatic heterocycles. The van der Waals surface area contributed by atoms with E-state index in [-0.39, 0.29) is 17.8 Å². The molecule has 0 aliphatic carbocycles. The number of hydrogen-bond donors (Lipinski definition) is 0. The van der Waals surface area contributed by atoms with Crippen LogP contribution < -0.4 is 14.4 Å². The lowest BCUT2D eigenvalue weighted by Crippen LogP contribution is -2.32. The fraction of sp³-hybridized carbons (Fsp3) is 0.160. The molecule has 166 valence electrons. The SMILES string of the molecule is COc1cc(C[C@H]2SC(=O)N(c3ccc(Cl)cc3)C2=O)ccc1OCc1ccccc1C#N. The van der Waals surface area contributed by atoms with Crippen molar-refractivity contribution in [3.05, 3.63) is 88.4 Å². The van der Waals surface area contributed by atoms with E-state index in [1.165, 1.54) is 12.0 Å². The zero-order valence-electron chi connectivity index (χ0n) is 17.7. The first-order valence-electron chi connectivity index (χ1n) is 10.1. The summed E-state index contributed by atoms with van der Waals surface area (Å²) in [6.07, 6.45) is 0.368. The molecule has 8 heteroatoms. The number of hydrogen-bond acceptors (Lipinski definition) is 6. The minimum absolute atomic E-state index is 0.223. The van der Waals surface area contributed by atoms with E-state index < -0.39 is 5.25 Å². The third kappa shape index (κ3) is 4.98. The number of imide groups is 1. The molecular formula is C25H19ClN2O4S. The van der Waals surface area contributed by atoms with E-state index in [1.807, 2.05) is 18.2 Å². The molecule has 1 saturated heterocycles. The maximum absolute atomic E-state index is 12.9. The number of ether oxygens (including phenoxy) is 2. The van der Waals surface area contributed by atoms with Crippen molar-refractivity contribution >= 4 is 40.2 Å². The van der Waals surface area contributed by atoms with Gasteiger partial charge in [0.25, 0.3) is 5.24 Å². The van der Waals surface area contributed by atoms with E-state index in [0.29, 0.717) is 34.2 Å². The number of benzene rings is 3. The van der Waals surface area contributed by atoms with Gasteiger partial charge in [-0.25, -0.2) is 4.90 Å². The van der Waals surface area contributed by atoms with Gasteiger partial charge in [0.1, 0.15) is 6.61 Å². The number of carbonyl (C=O) groups excluding carboxylic acids is 2. The van der Waals surface area contributed by atoms with Crippen molar-refractivity contribution in [2.75, 3.05) is 12.0 Å². The van der Waals surface area contributed by atoms with Gasteiger partial charge in [0.15, 0.2) is 11.5 Å². The zero-order valence-corrected chi connectivity index (χ0v) is 19.2. The number of nitrogens with zero attached hydrogens (tertiary/aromatic N) is 2. The lowest BCUT2D eigenvalue weighted by molar-refractivity contribution is -0.117. The van der Waals surface area contributed by atoms with Gasteiger partial charge >= 0.3 is 0 Å². The highest BCUT2D eigenvalue weighted by atomic mass is 35.5. The molecule has 0 N–H and O–H groups in total. The highest BCUT2D eigenvalue weighted by molar-refractivity contribution is 8.15. The molecule has 4 rings (SSSR count). The highest BCUT2D eigenvalue weighted by Gasteiger charge is 2.40. The molecular weight excluding hydrogens is 460 g/mol. The lowest BCUT2D eigenvalue weighted by Gasteiger charge is -2.15. The predicted octanol–water partition coefficient (Wildman–Crippen LogP) is 5.61. The number of nitriles is 1. The molecule has 0 spiro atoms. The molecule has 1 heterocycles. The molecule has 1 fully saturated rings. The topological polar surface area (TPSA) is 79.6 Å². The molecule has 0 radical (unpaired) electrons. The summed E-state index contributed by atoms with van der Waals surface area (Å²) in [4.78, 5) is 26.6. The van der Waals surface area contributed by atoms with Crippen molar-refractivity contribution in [1.82, 2.24) is 0 Å². The van der Waals surface area contributed by atoms with Gasteiger partial charge in [0, 0.05) is 10.6 Å². The summed E-state index contributed by atoms with van der Waals surface area (Å²) >= 11 is 6.92. The van der Waals surface area contributed by atoms with Gasteiger partial charge in [0.05, 0.1) is 29.7 Å². The molecule has 6 nitrogen and oxygen atoms in total. The predicted molar refractivity (Wildman–Crippen MR) is 128 cm³/mol. The van der Waals surface area contributed by atoms with Crippen LogP contribution in [0.15, 0.2) is 66.7 Å². The van der Waals surface area contributed by atoms with Crippen molar-refractivity contribution in [2.45, 2.75) is 18.3 Å². The van der Waals surface area contributed by atoms with E-state index in [1.54, 1.807) is 48.5 Å². The Morgan fingerprint density at radius 2 is 1.82 bits per heavy atom. The lowest BCUT2D eigenvalue weighted by atomic mass is 10.1. The van der Waals surface area contributed by atoms with Gasteiger partial charge in [-0.15, -0.1) is 0 Å². The Morgan fingerprint density at radius 3 is 2.55 bits per heavy atom. The smallest absolute Gasteiger partial charge is 0.293 e. The largest absolute Gasteiger partial charge is 0.493 e. The molecule has 1 aliphatic rings. The van der Waals surface area contributed by atoms with Crippen LogP contribution in [0.4, 0.5) is 10.5 Å². The maximum Gasteiger partial charge on any atom is 0.293 e. The van der Waals surface area contributed by atoms with Crippen LogP contribution in [0.5, 0.6) is 11.5 Å². The van der Waals surface area contributed by atoms with Crippen LogP contribution >= 0.6 is 23.4 Å². The Kier molecular flexibility index (Phi) is 6.87. The van der Waals surface area contributed by atoms with Crippen molar-refractivity contribution in [3.63, 3.8) is 0 Å². The molecule has 0 bridgehead atoms. The summed E-state index contributed by atoms with van der Waals surface area (Å²) in [5.41, 5.74) is 2.68. The second-order valence-corrected chi connectivity index (χ2v) is 8.86. The third-order valence-corrected chi connectivity index (χ3v) is 6.47. The quantitative estimate of drug-likeness (QED) is 0.439. The number of anilines is 1. The summed E-state index contributed by atoms with van der Waals surface area (Å²) in [7, 11) is 1.54. The van der Waals surface area contributed by atoms with Crippen LogP contribution in [-0.4, -0.2) is 23.5 Å². The number of halogens is 1. The normalized spacial score (nSPS) is 15.4. The summed E-state index contributed by atoms with van der Waals surface area (Å²) in [6.45, 7) is 0.223. The van der Waals surface area contributed by atoms with Gasteiger partial charge in [-0.05, 0) is 54.4 Å². The standard InChI is InChI=1S/C25H19ClN2O4S/c1-31-22-12-16(6-11-21(22)32-15-18-5-3-2-4-17(18)14-27)13-23-24(29)28(25(30)33-23)20-9-7-19(26)8-10-20/h2-12,23H,13,15H2,1H3/t23-/m1/s1. The number of thioether (sulfide) groups is 1. The van der Waals surface area contributed by atoms with Crippen molar-refractivity contribution in [3.8, 4) is 17.6 Å². The number of rotatable bonds is 7. The fourth-order valence-corrected chi connectivity index (χ4v) is 4.65. The summed E-state index contributed by atoms with van der Waals surface area (Å²) < 4.78 is 11.4. The number of carbonyl (C=O) groups is 2. The van der Waals surface area contributed by atoms with Gasteiger partial charge in [-0.3, -0.25) is 9.59 Å². The van der Waals surface area contributed by atoms with Crippen LogP contribution in [0.25, 0.3) is 0 Å². The molecule has 0 unspecified atom stereocenters. The second-order valence-electron chi connectivity index (χ2n) is 7.27. The third-order valence-electron chi connectivity index (χ3n) is 5.18. The first-order chi connectivity index (χ1) is 16.0. The van der Waals surface area contributed by atoms with E-state index >= 15 is 0 Å². The summed E-state index contributed by atoms with van der Waals surface area (Å²) in [5, 5.41) is 8.93. The number of methoxy groups -OCH3 is 1. The minimum atomic E-state index is -0.535. The first-order valence-corrected chi connectivity index (χ1v) is 11.3. The van der Waals surface area contributed by atoms with E-state index in [2.05, 4.69) is 6.07 Å². The minimum Gasteiger partial charge on any atom is -0.493 e. The van der Waals surface area contributed by atoms with E-state index in [4.69, 9.17) is 21.1 Å². The van der Waals surface area contributed by atoms with Gasteiger partial charge in [-0.2, -0.15) is 5.26 Å². The Hall–Kier alpha value is -3.47. The average molecular weight is 479 g/mol. The summed E-state index contributed by atoms with van der Waals surface area (Å²) in [5.74, 6) is 0.774. The van der Waals surface area contributed by atoms with Crippen LogP contribution in [0.1, 0.15) is 16.7 Å². The van der Waals surface area contributed by atoms with Crippen LogP contribution in [0, 0.1) is 11.3 Å². The maximum atomic E-state index is 12.9. The van der Waals surface area contributed by atoms with E-state index in [0.717, 1.165) is 22.9 Å². The van der Waals surface area contributed by atoms with Gasteiger partial charge < -0.3 is 9.47 Å².